The Morgan fingerprint density at radius 1 is 1.00 bits per heavy atom. The van der Waals surface area contributed by atoms with E-state index in [1.807, 2.05) is 77.7 Å². The van der Waals surface area contributed by atoms with Crippen molar-refractivity contribution in [2.24, 2.45) is 0 Å². The van der Waals surface area contributed by atoms with E-state index in [-0.39, 0.29) is 12.1 Å². The fourth-order valence-electron chi connectivity index (χ4n) is 4.17. The first-order valence-corrected chi connectivity index (χ1v) is 11.9. The fraction of sp³-hybridized carbons (Fsp3) is 0.154. The highest BCUT2D eigenvalue weighted by Gasteiger charge is 2.43. The van der Waals surface area contributed by atoms with Gasteiger partial charge in [0.15, 0.2) is 5.11 Å². The van der Waals surface area contributed by atoms with E-state index in [1.165, 1.54) is 0 Å². The number of aromatic nitrogens is 1. The molecular weight excluding hydrogens is 514 g/mol. The summed E-state index contributed by atoms with van der Waals surface area (Å²) in [6, 6.07) is 23.0. The maximum atomic E-state index is 6.41. The van der Waals surface area contributed by atoms with E-state index in [2.05, 4.69) is 26.2 Å². The van der Waals surface area contributed by atoms with Gasteiger partial charge in [-0.1, -0.05) is 34.1 Å². The molecule has 1 aliphatic rings. The molecule has 34 heavy (non-hydrogen) atoms. The van der Waals surface area contributed by atoms with Crippen molar-refractivity contribution in [3.63, 3.8) is 0 Å². The molecule has 1 N–H and O–H groups in total. The smallest absolute Gasteiger partial charge is 0.174 e. The number of thiocarbonyl (C=S) groups is 1. The maximum Gasteiger partial charge on any atom is 0.174 e. The zero-order valence-electron chi connectivity index (χ0n) is 18.6. The topological polar surface area (TPSA) is 59.8 Å². The molecule has 0 saturated carbocycles. The maximum absolute atomic E-state index is 6.41. The third-order valence-corrected chi connectivity index (χ3v) is 6.63. The quantitative estimate of drug-likeness (QED) is 0.290. The van der Waals surface area contributed by atoms with Gasteiger partial charge in [-0.2, -0.15) is 0 Å². The number of nitrogens with one attached hydrogen (secondary N) is 1. The summed E-state index contributed by atoms with van der Waals surface area (Å²) >= 11 is 9.30. The number of nitrogens with zero attached hydrogens (tertiary/aromatic N) is 2. The first-order chi connectivity index (χ1) is 16.6. The van der Waals surface area contributed by atoms with Gasteiger partial charge in [0.2, 0.25) is 0 Å². The molecule has 0 spiro atoms. The number of benzene rings is 2. The summed E-state index contributed by atoms with van der Waals surface area (Å²) in [7, 11) is 3.26. The van der Waals surface area contributed by atoms with Crippen LogP contribution in [0.3, 0.4) is 0 Å². The summed E-state index contributed by atoms with van der Waals surface area (Å²) in [5.41, 5.74) is 2.67. The van der Waals surface area contributed by atoms with E-state index in [9.17, 15) is 0 Å². The Balaban J connectivity index is 1.62. The number of anilines is 1. The standard InChI is InChI=1S/C26H22BrN3O3S/c1-31-18-10-11-20(23(15-18)32-2)30-25(24(29-26(30)34)19-5-3-4-14-28-19)22-13-12-21(33-22)16-6-8-17(27)9-7-16/h3-15,24-25H,1-2H3,(H,29,34). The van der Waals surface area contributed by atoms with Crippen molar-refractivity contribution in [2.45, 2.75) is 12.1 Å². The number of methoxy groups -OCH3 is 2. The Hall–Kier alpha value is -3.36. The highest BCUT2D eigenvalue weighted by atomic mass is 79.9. The second-order valence-corrected chi connectivity index (χ2v) is 9.05. The molecule has 2 atom stereocenters. The van der Waals surface area contributed by atoms with Gasteiger partial charge in [0.25, 0.3) is 0 Å². The van der Waals surface area contributed by atoms with Crippen LogP contribution in [0.2, 0.25) is 0 Å². The number of halogens is 1. The predicted molar refractivity (Wildman–Crippen MR) is 139 cm³/mol. The Morgan fingerprint density at radius 2 is 1.82 bits per heavy atom. The van der Waals surface area contributed by atoms with E-state index in [0.717, 1.165) is 32.9 Å². The summed E-state index contributed by atoms with van der Waals surface area (Å²) in [4.78, 5) is 6.62. The molecule has 2 unspecified atom stereocenters. The molecule has 3 heterocycles. The van der Waals surface area contributed by atoms with Crippen LogP contribution in [0.1, 0.15) is 23.5 Å². The Bertz CT molecular complexity index is 1310. The van der Waals surface area contributed by atoms with Crippen molar-refractivity contribution < 1.29 is 13.9 Å². The van der Waals surface area contributed by atoms with E-state index in [1.54, 1.807) is 20.4 Å². The van der Waals surface area contributed by atoms with Gasteiger partial charge >= 0.3 is 0 Å². The lowest BCUT2D eigenvalue weighted by Crippen LogP contribution is -2.29. The summed E-state index contributed by atoms with van der Waals surface area (Å²) < 4.78 is 18.5. The molecule has 172 valence electrons. The molecule has 8 heteroatoms. The second kappa shape index (κ2) is 9.48. The van der Waals surface area contributed by atoms with Crippen LogP contribution in [0.25, 0.3) is 11.3 Å². The molecule has 5 rings (SSSR count). The molecule has 1 fully saturated rings. The lowest BCUT2D eigenvalue weighted by molar-refractivity contribution is 0.392. The van der Waals surface area contributed by atoms with Gasteiger partial charge < -0.3 is 24.1 Å². The van der Waals surface area contributed by atoms with Crippen molar-refractivity contribution in [2.75, 3.05) is 19.1 Å². The number of furan rings is 1. The first-order valence-electron chi connectivity index (χ1n) is 10.7. The minimum Gasteiger partial charge on any atom is -0.497 e. The van der Waals surface area contributed by atoms with Crippen molar-refractivity contribution in [1.29, 1.82) is 0 Å². The fourth-order valence-corrected chi connectivity index (χ4v) is 4.77. The average molecular weight is 536 g/mol. The number of ether oxygens (including phenoxy) is 2. The van der Waals surface area contributed by atoms with Crippen molar-refractivity contribution in [3.8, 4) is 22.8 Å². The van der Waals surface area contributed by atoms with E-state index in [4.69, 9.17) is 26.1 Å². The molecular formula is C26H22BrN3O3S. The van der Waals surface area contributed by atoms with Crippen LogP contribution in [0.5, 0.6) is 11.5 Å². The minimum absolute atomic E-state index is 0.218. The van der Waals surface area contributed by atoms with Crippen molar-refractivity contribution in [1.82, 2.24) is 10.3 Å². The third kappa shape index (κ3) is 4.15. The summed E-state index contributed by atoms with van der Waals surface area (Å²) in [5, 5.41) is 4.01. The molecule has 0 amide bonds. The highest BCUT2D eigenvalue weighted by molar-refractivity contribution is 9.10. The molecule has 2 aromatic heterocycles. The molecule has 4 aromatic rings. The first kappa shape index (κ1) is 22.4. The molecule has 2 aromatic carbocycles. The van der Waals surface area contributed by atoms with Crippen LogP contribution in [0.4, 0.5) is 5.69 Å². The molecule has 6 nitrogen and oxygen atoms in total. The van der Waals surface area contributed by atoms with E-state index in [0.29, 0.717) is 16.6 Å². The average Bonchev–Trinajstić information content (AvgIpc) is 3.49. The summed E-state index contributed by atoms with van der Waals surface area (Å²) in [5.74, 6) is 2.89. The molecule has 1 aliphatic heterocycles. The van der Waals surface area contributed by atoms with Crippen LogP contribution in [-0.4, -0.2) is 24.3 Å². The van der Waals surface area contributed by atoms with Gasteiger partial charge in [0.1, 0.15) is 29.1 Å². The van der Waals surface area contributed by atoms with Crippen molar-refractivity contribution >= 4 is 38.9 Å². The monoisotopic (exact) mass is 535 g/mol. The molecule has 0 bridgehead atoms. The van der Waals surface area contributed by atoms with Crippen LogP contribution in [0, 0.1) is 0 Å². The van der Waals surface area contributed by atoms with E-state index < -0.39 is 0 Å². The zero-order valence-corrected chi connectivity index (χ0v) is 21.0. The number of hydrogen-bond donors (Lipinski definition) is 1. The third-order valence-electron chi connectivity index (χ3n) is 5.79. The van der Waals surface area contributed by atoms with Crippen LogP contribution < -0.4 is 19.7 Å². The van der Waals surface area contributed by atoms with Gasteiger partial charge in [-0.05, 0) is 60.7 Å². The van der Waals surface area contributed by atoms with Crippen LogP contribution in [0.15, 0.2) is 87.9 Å². The normalized spacial score (nSPS) is 17.5. The van der Waals surface area contributed by atoms with Gasteiger partial charge in [0.05, 0.1) is 31.6 Å². The summed E-state index contributed by atoms with van der Waals surface area (Å²) in [6.07, 6.45) is 1.78. The SMILES string of the molecule is COc1ccc(N2C(=S)NC(c3ccccn3)C2c2ccc(-c3ccc(Br)cc3)o2)c(OC)c1. The molecule has 0 aliphatic carbocycles. The van der Waals surface area contributed by atoms with Crippen molar-refractivity contribution in [3.05, 3.63) is 94.9 Å². The van der Waals surface area contributed by atoms with Gasteiger partial charge in [-0.3, -0.25) is 4.98 Å². The largest absolute Gasteiger partial charge is 0.497 e. The highest BCUT2D eigenvalue weighted by Crippen LogP contribution is 2.46. The Morgan fingerprint density at radius 3 is 2.53 bits per heavy atom. The predicted octanol–water partition coefficient (Wildman–Crippen LogP) is 6.30. The lowest BCUT2D eigenvalue weighted by Gasteiger charge is -2.27. The van der Waals surface area contributed by atoms with Crippen LogP contribution >= 0.6 is 28.1 Å². The minimum atomic E-state index is -0.283. The number of rotatable bonds is 6. The Kier molecular flexibility index (Phi) is 6.26. The van der Waals surface area contributed by atoms with Crippen LogP contribution in [-0.2, 0) is 0 Å². The van der Waals surface area contributed by atoms with E-state index >= 15 is 0 Å². The summed E-state index contributed by atoms with van der Waals surface area (Å²) in [6.45, 7) is 0. The van der Waals surface area contributed by atoms with Gasteiger partial charge in [-0.25, -0.2) is 0 Å². The van der Waals surface area contributed by atoms with Gasteiger partial charge in [0, 0.05) is 22.3 Å². The zero-order chi connectivity index (χ0) is 23.7. The van der Waals surface area contributed by atoms with Gasteiger partial charge in [-0.15, -0.1) is 0 Å². The number of hydrogen-bond acceptors (Lipinski definition) is 5. The number of pyridine rings is 1. The Labute approximate surface area is 211 Å². The second-order valence-electron chi connectivity index (χ2n) is 7.74. The lowest BCUT2D eigenvalue weighted by atomic mass is 10.0. The molecule has 1 saturated heterocycles. The molecule has 0 radical (unpaired) electrons.